The molecule has 0 bridgehead atoms. The Morgan fingerprint density at radius 2 is 2.09 bits per heavy atom. The first-order chi connectivity index (χ1) is 15.3. The summed E-state index contributed by atoms with van der Waals surface area (Å²) in [5, 5.41) is 25.0. The van der Waals surface area contributed by atoms with E-state index in [9.17, 15) is 14.9 Å². The minimum absolute atomic E-state index is 0.0703. The summed E-state index contributed by atoms with van der Waals surface area (Å²) in [6.07, 6.45) is 2.02. The Hall–Kier alpha value is -3.10. The van der Waals surface area contributed by atoms with E-state index >= 15 is 0 Å². The summed E-state index contributed by atoms with van der Waals surface area (Å²) < 4.78 is 7.66. The zero-order valence-corrected chi connectivity index (χ0v) is 20.3. The first-order valence-electron chi connectivity index (χ1n) is 9.51. The van der Waals surface area contributed by atoms with Crippen molar-refractivity contribution in [3.63, 3.8) is 0 Å². The Bertz CT molecular complexity index is 1330. The average Bonchev–Trinajstić information content (AvgIpc) is 2.76. The van der Waals surface area contributed by atoms with Crippen molar-refractivity contribution in [1.29, 1.82) is 5.26 Å². The standard InChI is InChI=1S/C21H17Br2N5O4/c1-3-12(2)20-26-17-5-4-14(22)9-16(17)21(29)27(20)25-11-13-8-15(23)10-18(28(30)31)19(13)32-7-6-24/h4-5,8-12H,3,7H2,1-2H3/t12-/m1/s1. The lowest BCUT2D eigenvalue weighted by Crippen LogP contribution is -2.23. The second-order valence-electron chi connectivity index (χ2n) is 6.85. The molecule has 32 heavy (non-hydrogen) atoms. The van der Waals surface area contributed by atoms with E-state index in [-0.39, 0.29) is 35.1 Å². The van der Waals surface area contributed by atoms with Crippen molar-refractivity contribution in [2.24, 2.45) is 5.10 Å². The van der Waals surface area contributed by atoms with E-state index < -0.39 is 4.92 Å². The van der Waals surface area contributed by atoms with Crippen LogP contribution in [0.15, 0.2) is 49.2 Å². The van der Waals surface area contributed by atoms with Crippen molar-refractivity contribution < 1.29 is 9.66 Å². The minimum atomic E-state index is -0.610. The van der Waals surface area contributed by atoms with Gasteiger partial charge in [0.2, 0.25) is 5.75 Å². The Balaban J connectivity index is 2.24. The van der Waals surface area contributed by atoms with Crippen LogP contribution < -0.4 is 10.3 Å². The van der Waals surface area contributed by atoms with Gasteiger partial charge in [-0.15, -0.1) is 0 Å². The van der Waals surface area contributed by atoms with E-state index in [2.05, 4.69) is 41.9 Å². The lowest BCUT2D eigenvalue weighted by Gasteiger charge is -2.14. The van der Waals surface area contributed by atoms with Crippen molar-refractivity contribution in [3.8, 4) is 11.8 Å². The van der Waals surface area contributed by atoms with Gasteiger partial charge in [-0.1, -0.05) is 45.7 Å². The normalized spacial score (nSPS) is 12.1. The van der Waals surface area contributed by atoms with E-state index in [0.29, 0.717) is 21.2 Å². The first kappa shape index (κ1) is 23.6. The molecule has 0 aliphatic heterocycles. The summed E-state index contributed by atoms with van der Waals surface area (Å²) in [7, 11) is 0. The zero-order chi connectivity index (χ0) is 23.4. The Kier molecular flexibility index (Phi) is 7.37. The second kappa shape index (κ2) is 10.0. The van der Waals surface area contributed by atoms with Gasteiger partial charge in [-0.05, 0) is 30.7 Å². The maximum atomic E-state index is 13.2. The van der Waals surface area contributed by atoms with Crippen LogP contribution >= 0.6 is 31.9 Å². The molecule has 0 aliphatic rings. The molecule has 0 spiro atoms. The molecule has 0 saturated heterocycles. The highest BCUT2D eigenvalue weighted by atomic mass is 79.9. The fourth-order valence-corrected chi connectivity index (χ4v) is 3.82. The lowest BCUT2D eigenvalue weighted by atomic mass is 10.1. The van der Waals surface area contributed by atoms with Crippen molar-refractivity contribution >= 4 is 54.7 Å². The summed E-state index contributed by atoms with van der Waals surface area (Å²) in [6.45, 7) is 3.53. The molecule has 9 nitrogen and oxygen atoms in total. The molecule has 0 saturated carbocycles. The number of halogens is 2. The van der Waals surface area contributed by atoms with Crippen LogP contribution in [0.2, 0.25) is 0 Å². The fraction of sp³-hybridized carbons (Fsp3) is 0.238. The molecule has 3 aromatic rings. The number of aromatic nitrogens is 2. The van der Waals surface area contributed by atoms with Crippen molar-refractivity contribution in [2.45, 2.75) is 26.2 Å². The summed E-state index contributed by atoms with van der Waals surface area (Å²) in [4.78, 5) is 28.7. The largest absolute Gasteiger partial charge is 0.471 e. The number of hydrogen-bond donors (Lipinski definition) is 0. The van der Waals surface area contributed by atoms with E-state index in [0.717, 1.165) is 10.9 Å². The van der Waals surface area contributed by atoms with Crippen LogP contribution in [0.5, 0.6) is 5.75 Å². The molecule has 0 radical (unpaired) electrons. The molecule has 0 N–H and O–H groups in total. The highest BCUT2D eigenvalue weighted by molar-refractivity contribution is 9.10. The fourth-order valence-electron chi connectivity index (χ4n) is 2.99. The molecular weight excluding hydrogens is 546 g/mol. The van der Waals surface area contributed by atoms with Gasteiger partial charge in [-0.3, -0.25) is 14.9 Å². The Labute approximate surface area is 199 Å². The predicted octanol–water partition coefficient (Wildman–Crippen LogP) is 5.13. The molecular formula is C21H17Br2N5O4. The molecule has 0 unspecified atom stereocenters. The van der Waals surface area contributed by atoms with Crippen LogP contribution in [0.4, 0.5) is 5.69 Å². The maximum absolute atomic E-state index is 13.2. The van der Waals surface area contributed by atoms with Gasteiger partial charge in [-0.2, -0.15) is 15.0 Å². The van der Waals surface area contributed by atoms with E-state index in [1.807, 2.05) is 19.9 Å². The summed E-state index contributed by atoms with van der Waals surface area (Å²) in [5.41, 5.74) is 0.0896. The van der Waals surface area contributed by atoms with Crippen LogP contribution in [0, 0.1) is 21.4 Å². The number of nitro benzene ring substituents is 1. The smallest absolute Gasteiger partial charge is 0.312 e. The van der Waals surface area contributed by atoms with Crippen molar-refractivity contribution in [3.05, 3.63) is 71.1 Å². The number of nitriles is 1. The number of fused-ring (bicyclic) bond motifs is 1. The first-order valence-corrected chi connectivity index (χ1v) is 11.1. The van der Waals surface area contributed by atoms with E-state index in [1.54, 1.807) is 24.3 Å². The molecule has 0 aliphatic carbocycles. The monoisotopic (exact) mass is 561 g/mol. The van der Waals surface area contributed by atoms with Gasteiger partial charge in [0, 0.05) is 26.5 Å². The topological polar surface area (TPSA) is 123 Å². The van der Waals surface area contributed by atoms with Crippen LogP contribution in [0.25, 0.3) is 10.9 Å². The Morgan fingerprint density at radius 1 is 1.34 bits per heavy atom. The highest BCUT2D eigenvalue weighted by Crippen LogP contribution is 2.34. The van der Waals surface area contributed by atoms with Gasteiger partial charge < -0.3 is 4.74 Å². The average molecular weight is 563 g/mol. The third-order valence-corrected chi connectivity index (χ3v) is 5.69. The molecule has 0 fully saturated rings. The maximum Gasteiger partial charge on any atom is 0.312 e. The quantitative estimate of drug-likeness (QED) is 0.223. The highest BCUT2D eigenvalue weighted by Gasteiger charge is 2.21. The van der Waals surface area contributed by atoms with Crippen molar-refractivity contribution in [2.75, 3.05) is 6.61 Å². The minimum Gasteiger partial charge on any atom is -0.471 e. The molecule has 1 atom stereocenters. The Morgan fingerprint density at radius 3 is 2.75 bits per heavy atom. The molecule has 2 aromatic carbocycles. The lowest BCUT2D eigenvalue weighted by molar-refractivity contribution is -0.385. The van der Waals surface area contributed by atoms with Crippen LogP contribution in [-0.2, 0) is 0 Å². The van der Waals surface area contributed by atoms with E-state index in [4.69, 9.17) is 10.00 Å². The number of nitrogens with zero attached hydrogens (tertiary/aromatic N) is 5. The van der Waals surface area contributed by atoms with Gasteiger partial charge in [0.05, 0.1) is 22.0 Å². The third kappa shape index (κ3) is 4.87. The van der Waals surface area contributed by atoms with Gasteiger partial charge in [-0.25, -0.2) is 4.98 Å². The molecule has 1 aromatic heterocycles. The van der Waals surface area contributed by atoms with Crippen LogP contribution in [-0.4, -0.2) is 27.4 Å². The molecule has 3 rings (SSSR count). The molecule has 164 valence electrons. The summed E-state index contributed by atoms with van der Waals surface area (Å²) >= 11 is 6.61. The molecule has 11 heteroatoms. The number of rotatable bonds is 7. The van der Waals surface area contributed by atoms with Crippen molar-refractivity contribution in [1.82, 2.24) is 9.66 Å². The zero-order valence-electron chi connectivity index (χ0n) is 17.1. The van der Waals surface area contributed by atoms with Gasteiger partial charge in [0.1, 0.15) is 11.9 Å². The number of nitro groups is 1. The third-order valence-electron chi connectivity index (χ3n) is 4.74. The summed E-state index contributed by atoms with van der Waals surface area (Å²) in [5.74, 6) is 0.282. The number of ether oxygens (including phenoxy) is 1. The van der Waals surface area contributed by atoms with Gasteiger partial charge in [0.15, 0.2) is 6.61 Å². The second-order valence-corrected chi connectivity index (χ2v) is 8.68. The van der Waals surface area contributed by atoms with Gasteiger partial charge in [0.25, 0.3) is 5.56 Å². The molecule has 1 heterocycles. The summed E-state index contributed by atoms with van der Waals surface area (Å²) in [6, 6.07) is 9.86. The van der Waals surface area contributed by atoms with Crippen LogP contribution in [0.3, 0.4) is 0 Å². The molecule has 0 amide bonds. The van der Waals surface area contributed by atoms with Crippen LogP contribution in [0.1, 0.15) is 37.6 Å². The SMILES string of the molecule is CC[C@@H](C)c1nc2ccc(Br)cc2c(=O)n1N=Cc1cc(Br)cc([N+](=O)[O-])c1OCC#N. The van der Waals surface area contributed by atoms with E-state index in [1.165, 1.54) is 17.0 Å². The number of benzene rings is 2. The van der Waals surface area contributed by atoms with Gasteiger partial charge >= 0.3 is 5.69 Å². The predicted molar refractivity (Wildman–Crippen MR) is 127 cm³/mol. The number of hydrogen-bond acceptors (Lipinski definition) is 7.